The molecule has 0 aliphatic rings. The summed E-state index contributed by atoms with van der Waals surface area (Å²) in [5, 5.41) is 0. The van der Waals surface area contributed by atoms with Gasteiger partial charge in [-0.1, -0.05) is 18.2 Å². The van der Waals surface area contributed by atoms with Crippen LogP contribution in [-0.4, -0.2) is 18.4 Å². The van der Waals surface area contributed by atoms with Crippen molar-refractivity contribution in [3.05, 3.63) is 42.7 Å². The number of nitrogens with zero attached hydrogens (tertiary/aromatic N) is 2. The molecule has 1 aromatic heterocycles. The van der Waals surface area contributed by atoms with Crippen molar-refractivity contribution < 1.29 is 8.42 Å². The Kier molecular flexibility index (Phi) is 2.92. The summed E-state index contributed by atoms with van der Waals surface area (Å²) < 4.78 is 26.1. The lowest BCUT2D eigenvalue weighted by molar-refractivity contribution is 0.601. The molecule has 0 spiro atoms. The Morgan fingerprint density at radius 2 is 1.82 bits per heavy atom. The van der Waals surface area contributed by atoms with Crippen molar-refractivity contribution in [3.63, 3.8) is 0 Å². The van der Waals surface area contributed by atoms with E-state index in [0.717, 1.165) is 0 Å². The molecule has 0 fully saturated rings. The SMILES string of the molecule is Nc1cc(NS(=O)(=O)c2ccccc2)ncn1. The smallest absolute Gasteiger partial charge is 0.263 e. The maximum Gasteiger partial charge on any atom is 0.263 e. The molecule has 0 aliphatic heterocycles. The summed E-state index contributed by atoms with van der Waals surface area (Å²) in [6.07, 6.45) is 1.19. The molecule has 0 bridgehead atoms. The summed E-state index contributed by atoms with van der Waals surface area (Å²) >= 11 is 0. The fourth-order valence-electron chi connectivity index (χ4n) is 1.22. The van der Waals surface area contributed by atoms with Gasteiger partial charge in [-0.25, -0.2) is 18.4 Å². The van der Waals surface area contributed by atoms with Gasteiger partial charge >= 0.3 is 0 Å². The van der Waals surface area contributed by atoms with Crippen LogP contribution in [0.15, 0.2) is 47.6 Å². The molecule has 7 heteroatoms. The lowest BCUT2D eigenvalue weighted by Crippen LogP contribution is -2.14. The third kappa shape index (κ3) is 2.70. The van der Waals surface area contributed by atoms with Gasteiger partial charge in [-0.2, -0.15) is 0 Å². The molecule has 0 aliphatic carbocycles. The van der Waals surface area contributed by atoms with Crippen molar-refractivity contribution in [1.82, 2.24) is 9.97 Å². The zero-order valence-electron chi connectivity index (χ0n) is 8.74. The molecule has 17 heavy (non-hydrogen) atoms. The van der Waals surface area contributed by atoms with E-state index in [9.17, 15) is 8.42 Å². The standard InChI is InChI=1S/C10H10N4O2S/c11-9-6-10(13-7-12-9)14-17(15,16)8-4-2-1-3-5-8/h1-7H,(H3,11,12,13,14). The summed E-state index contributed by atoms with van der Waals surface area (Å²) in [5.74, 6) is 0.340. The Morgan fingerprint density at radius 1 is 1.12 bits per heavy atom. The molecule has 0 atom stereocenters. The predicted octanol–water partition coefficient (Wildman–Crippen LogP) is 0.860. The minimum Gasteiger partial charge on any atom is -0.384 e. The Balaban J connectivity index is 2.30. The first kappa shape index (κ1) is 11.3. The lowest BCUT2D eigenvalue weighted by Gasteiger charge is -2.06. The van der Waals surface area contributed by atoms with Gasteiger partial charge in [-0.15, -0.1) is 0 Å². The molecule has 1 heterocycles. The van der Waals surface area contributed by atoms with Crippen LogP contribution in [0.4, 0.5) is 11.6 Å². The summed E-state index contributed by atoms with van der Waals surface area (Å²) in [4.78, 5) is 7.61. The second-order valence-electron chi connectivity index (χ2n) is 3.25. The molecule has 88 valence electrons. The van der Waals surface area contributed by atoms with E-state index in [4.69, 9.17) is 5.73 Å². The van der Waals surface area contributed by atoms with Gasteiger partial charge in [0.05, 0.1) is 4.90 Å². The number of aromatic nitrogens is 2. The quantitative estimate of drug-likeness (QED) is 0.841. The van der Waals surface area contributed by atoms with E-state index in [2.05, 4.69) is 14.7 Å². The first-order valence-electron chi connectivity index (χ1n) is 4.73. The van der Waals surface area contributed by atoms with E-state index in [-0.39, 0.29) is 16.5 Å². The number of nitrogens with one attached hydrogen (secondary N) is 1. The number of hydrogen-bond donors (Lipinski definition) is 2. The Labute approximate surface area is 98.6 Å². The highest BCUT2D eigenvalue weighted by Crippen LogP contribution is 2.14. The Hall–Kier alpha value is -2.15. The van der Waals surface area contributed by atoms with Crippen molar-refractivity contribution in [2.75, 3.05) is 10.5 Å². The topological polar surface area (TPSA) is 98.0 Å². The third-order valence-corrected chi connectivity index (χ3v) is 3.35. The van der Waals surface area contributed by atoms with E-state index in [1.165, 1.54) is 24.5 Å². The van der Waals surface area contributed by atoms with Crippen LogP contribution in [0.25, 0.3) is 0 Å². The van der Waals surface area contributed by atoms with Gasteiger partial charge in [0.2, 0.25) is 0 Å². The highest BCUT2D eigenvalue weighted by atomic mass is 32.2. The van der Waals surface area contributed by atoms with E-state index in [1.54, 1.807) is 18.2 Å². The molecule has 0 saturated carbocycles. The summed E-state index contributed by atoms with van der Waals surface area (Å²) in [5.41, 5.74) is 5.43. The highest BCUT2D eigenvalue weighted by molar-refractivity contribution is 7.92. The van der Waals surface area contributed by atoms with Crippen LogP contribution < -0.4 is 10.5 Å². The summed E-state index contributed by atoms with van der Waals surface area (Å²) in [6.45, 7) is 0. The summed E-state index contributed by atoms with van der Waals surface area (Å²) in [7, 11) is -3.63. The maximum absolute atomic E-state index is 11.9. The molecule has 0 amide bonds. The van der Waals surface area contributed by atoms with Gasteiger partial charge in [-0.3, -0.25) is 4.72 Å². The fourth-order valence-corrected chi connectivity index (χ4v) is 2.24. The van der Waals surface area contributed by atoms with E-state index < -0.39 is 10.0 Å². The number of nitrogens with two attached hydrogens (primary N) is 1. The monoisotopic (exact) mass is 250 g/mol. The Bertz CT molecular complexity index is 613. The molecule has 0 radical (unpaired) electrons. The number of anilines is 2. The van der Waals surface area contributed by atoms with Gasteiger partial charge in [0.15, 0.2) is 0 Å². The van der Waals surface area contributed by atoms with Gasteiger partial charge in [0.25, 0.3) is 10.0 Å². The first-order chi connectivity index (χ1) is 8.08. The van der Waals surface area contributed by atoms with Crippen LogP contribution in [0.3, 0.4) is 0 Å². The molecule has 2 rings (SSSR count). The van der Waals surface area contributed by atoms with Crippen molar-refractivity contribution in [2.24, 2.45) is 0 Å². The van der Waals surface area contributed by atoms with Crippen LogP contribution in [0.2, 0.25) is 0 Å². The number of nitrogen functional groups attached to an aromatic ring is 1. The fraction of sp³-hybridized carbons (Fsp3) is 0. The number of rotatable bonds is 3. The molecule has 2 aromatic rings. The second kappa shape index (κ2) is 4.38. The zero-order chi connectivity index (χ0) is 12.3. The van der Waals surface area contributed by atoms with Gasteiger partial charge in [-0.05, 0) is 12.1 Å². The van der Waals surface area contributed by atoms with Gasteiger partial charge in [0.1, 0.15) is 18.0 Å². The molecule has 3 N–H and O–H groups in total. The predicted molar refractivity (Wildman–Crippen MR) is 63.7 cm³/mol. The summed E-state index contributed by atoms with van der Waals surface area (Å²) in [6, 6.07) is 9.35. The van der Waals surface area contributed by atoms with Crippen LogP contribution in [0.1, 0.15) is 0 Å². The molecule has 1 aromatic carbocycles. The largest absolute Gasteiger partial charge is 0.384 e. The van der Waals surface area contributed by atoms with Crippen molar-refractivity contribution >= 4 is 21.7 Å². The molecule has 6 nitrogen and oxygen atoms in total. The van der Waals surface area contributed by atoms with Gasteiger partial charge < -0.3 is 5.73 Å². The maximum atomic E-state index is 11.9. The minimum absolute atomic E-state index is 0.140. The lowest BCUT2D eigenvalue weighted by atomic mass is 10.4. The first-order valence-corrected chi connectivity index (χ1v) is 6.22. The van der Waals surface area contributed by atoms with Crippen LogP contribution >= 0.6 is 0 Å². The average Bonchev–Trinajstić information content (AvgIpc) is 2.29. The van der Waals surface area contributed by atoms with E-state index in [0.29, 0.717) is 0 Å². The Morgan fingerprint density at radius 3 is 2.47 bits per heavy atom. The second-order valence-corrected chi connectivity index (χ2v) is 4.93. The minimum atomic E-state index is -3.63. The number of sulfonamides is 1. The van der Waals surface area contributed by atoms with Crippen LogP contribution in [0.5, 0.6) is 0 Å². The number of benzene rings is 1. The van der Waals surface area contributed by atoms with Crippen molar-refractivity contribution in [1.29, 1.82) is 0 Å². The highest BCUT2D eigenvalue weighted by Gasteiger charge is 2.13. The number of hydrogen-bond acceptors (Lipinski definition) is 5. The third-order valence-electron chi connectivity index (χ3n) is 1.98. The molecular formula is C10H10N4O2S. The van der Waals surface area contributed by atoms with Gasteiger partial charge in [0, 0.05) is 6.07 Å². The van der Waals surface area contributed by atoms with E-state index >= 15 is 0 Å². The van der Waals surface area contributed by atoms with Crippen molar-refractivity contribution in [3.8, 4) is 0 Å². The average molecular weight is 250 g/mol. The normalized spacial score (nSPS) is 11.1. The molecule has 0 saturated heterocycles. The zero-order valence-corrected chi connectivity index (χ0v) is 9.55. The van der Waals surface area contributed by atoms with Crippen LogP contribution in [0, 0.1) is 0 Å². The molecule has 0 unspecified atom stereocenters. The van der Waals surface area contributed by atoms with E-state index in [1.807, 2.05) is 0 Å². The van der Waals surface area contributed by atoms with Crippen LogP contribution in [-0.2, 0) is 10.0 Å². The molecular weight excluding hydrogens is 240 g/mol. The van der Waals surface area contributed by atoms with Crippen molar-refractivity contribution in [2.45, 2.75) is 4.90 Å².